The maximum Gasteiger partial charge on any atom is 0.157 e. The van der Waals surface area contributed by atoms with Crippen molar-refractivity contribution >= 4 is 54.0 Å². The second-order valence-corrected chi connectivity index (χ2v) is 11.1. The first-order valence-electron chi connectivity index (χ1n) is 13.7. The first-order chi connectivity index (χ1) is 20.2. The van der Waals surface area contributed by atoms with Gasteiger partial charge in [0.2, 0.25) is 0 Å². The lowest BCUT2D eigenvalue weighted by atomic mass is 9.92. The Morgan fingerprint density at radius 3 is 2.12 bits per heavy atom. The molecule has 3 nitrogen and oxygen atoms in total. The van der Waals surface area contributed by atoms with Crippen molar-refractivity contribution in [2.45, 2.75) is 6.54 Å². The third-order valence-corrected chi connectivity index (χ3v) is 8.47. The Bertz CT molecular complexity index is 2070. The van der Waals surface area contributed by atoms with Crippen molar-refractivity contribution in [2.24, 2.45) is 15.7 Å². The Hall–Kier alpha value is -5.06. The number of aliphatic imine (C=N–C) groups is 2. The van der Waals surface area contributed by atoms with Crippen molar-refractivity contribution in [3.63, 3.8) is 0 Å². The summed E-state index contributed by atoms with van der Waals surface area (Å²) in [5.41, 5.74) is 11.8. The molecule has 0 saturated heterocycles. The first kappa shape index (κ1) is 24.9. The normalized spacial score (nSPS) is 12.4. The molecular formula is C37H27N3S. The van der Waals surface area contributed by atoms with E-state index in [0.717, 1.165) is 22.3 Å². The third-order valence-electron chi connectivity index (χ3n) is 7.35. The van der Waals surface area contributed by atoms with Crippen LogP contribution in [-0.4, -0.2) is 11.7 Å². The molecular weight excluding hydrogens is 518 g/mol. The second-order valence-electron chi connectivity index (χ2n) is 10.0. The van der Waals surface area contributed by atoms with Gasteiger partial charge in [0.15, 0.2) is 5.84 Å². The van der Waals surface area contributed by atoms with E-state index < -0.39 is 0 Å². The Morgan fingerprint density at radius 1 is 0.610 bits per heavy atom. The molecule has 1 heterocycles. The number of nitrogens with zero attached hydrogens (tertiary/aromatic N) is 2. The highest BCUT2D eigenvalue weighted by Gasteiger charge is 2.16. The summed E-state index contributed by atoms with van der Waals surface area (Å²) in [5, 5.41) is 5.03. The quantitative estimate of drug-likeness (QED) is 0.170. The fourth-order valence-corrected chi connectivity index (χ4v) is 6.56. The van der Waals surface area contributed by atoms with Crippen molar-refractivity contribution in [1.29, 1.82) is 0 Å². The van der Waals surface area contributed by atoms with Crippen LogP contribution in [0, 0.1) is 0 Å². The number of hydrogen-bond acceptors (Lipinski definition) is 2. The molecule has 0 saturated carbocycles. The highest BCUT2D eigenvalue weighted by atomic mass is 32.1. The largest absolute Gasteiger partial charge is 0.383 e. The van der Waals surface area contributed by atoms with E-state index in [1.54, 1.807) is 0 Å². The van der Waals surface area contributed by atoms with Crippen LogP contribution in [0.4, 0.5) is 0 Å². The number of thiophene rings is 1. The van der Waals surface area contributed by atoms with E-state index in [1.165, 1.54) is 36.5 Å². The average Bonchev–Trinajstić information content (AvgIpc) is 3.40. The first-order valence-corrected chi connectivity index (χ1v) is 14.5. The van der Waals surface area contributed by atoms with E-state index in [9.17, 15) is 0 Å². The lowest BCUT2D eigenvalue weighted by Crippen LogP contribution is -2.16. The molecule has 0 atom stereocenters. The van der Waals surface area contributed by atoms with Crippen LogP contribution in [0.5, 0.6) is 0 Å². The molecule has 41 heavy (non-hydrogen) atoms. The van der Waals surface area contributed by atoms with Gasteiger partial charge in [-0.05, 0) is 45.7 Å². The van der Waals surface area contributed by atoms with Gasteiger partial charge in [-0.3, -0.25) is 4.99 Å². The summed E-state index contributed by atoms with van der Waals surface area (Å²) in [5.74, 6) is 1.06. The third kappa shape index (κ3) is 4.90. The summed E-state index contributed by atoms with van der Waals surface area (Å²) >= 11 is 1.85. The second kappa shape index (κ2) is 10.8. The lowest BCUT2D eigenvalue weighted by Gasteiger charge is -2.12. The molecule has 0 aliphatic rings. The maximum absolute atomic E-state index is 6.52. The van der Waals surface area contributed by atoms with Crippen molar-refractivity contribution < 1.29 is 0 Å². The molecule has 0 aliphatic heterocycles. The van der Waals surface area contributed by atoms with Gasteiger partial charge >= 0.3 is 0 Å². The molecule has 0 spiro atoms. The molecule has 0 amide bonds. The fraction of sp³-hybridized carbons (Fsp3) is 0.0270. The standard InChI is InChI=1S/C37H27N3S/c38-36(26-14-5-2-6-15-26)40-37(39-24-25-12-3-1-4-13-25)29-18-11-17-28(22-29)34-30-19-8-7-16-27(30)23-33-35(34)31-20-9-10-21-32(31)41-33/h1-23H,24H2,(H2,38,39,40). The van der Waals surface area contributed by atoms with Crippen molar-refractivity contribution in [3.05, 3.63) is 156 Å². The van der Waals surface area contributed by atoms with Crippen LogP contribution in [-0.2, 0) is 6.54 Å². The number of benzene rings is 6. The Balaban J connectivity index is 1.43. The smallest absolute Gasteiger partial charge is 0.157 e. The van der Waals surface area contributed by atoms with Gasteiger partial charge in [0, 0.05) is 31.3 Å². The van der Waals surface area contributed by atoms with E-state index in [0.29, 0.717) is 18.2 Å². The minimum atomic E-state index is 0.444. The zero-order valence-corrected chi connectivity index (χ0v) is 23.2. The molecule has 0 unspecified atom stereocenters. The topological polar surface area (TPSA) is 50.7 Å². The minimum absolute atomic E-state index is 0.444. The zero-order valence-electron chi connectivity index (χ0n) is 22.4. The van der Waals surface area contributed by atoms with E-state index >= 15 is 0 Å². The highest BCUT2D eigenvalue weighted by Crippen LogP contribution is 2.44. The van der Waals surface area contributed by atoms with Crippen LogP contribution >= 0.6 is 11.3 Å². The minimum Gasteiger partial charge on any atom is -0.383 e. The molecule has 7 aromatic rings. The summed E-state index contributed by atoms with van der Waals surface area (Å²) in [6.07, 6.45) is 0. The highest BCUT2D eigenvalue weighted by molar-refractivity contribution is 7.26. The van der Waals surface area contributed by atoms with Crippen LogP contribution in [0.2, 0.25) is 0 Å². The molecule has 0 bridgehead atoms. The SMILES string of the molecule is NC(=NC(=NCc1ccccc1)c1cccc(-c2c3ccccc3cc3sc4ccccc4c23)c1)c1ccccc1. The summed E-state index contributed by atoms with van der Waals surface area (Å²) in [7, 11) is 0. The maximum atomic E-state index is 6.52. The van der Waals surface area contributed by atoms with Crippen molar-refractivity contribution in [3.8, 4) is 11.1 Å². The molecule has 7 rings (SSSR count). The number of hydrogen-bond donors (Lipinski definition) is 1. The van der Waals surface area contributed by atoms with Crippen LogP contribution < -0.4 is 5.73 Å². The van der Waals surface area contributed by atoms with Crippen molar-refractivity contribution in [2.75, 3.05) is 0 Å². The molecule has 196 valence electrons. The molecule has 0 aliphatic carbocycles. The number of fused-ring (bicyclic) bond motifs is 4. The summed E-state index contributed by atoms with van der Waals surface area (Å²) in [4.78, 5) is 9.86. The van der Waals surface area contributed by atoms with E-state index in [1.807, 2.05) is 59.9 Å². The summed E-state index contributed by atoms with van der Waals surface area (Å²) in [6.45, 7) is 0.514. The van der Waals surface area contributed by atoms with Gasteiger partial charge in [-0.2, -0.15) is 0 Å². The average molecular weight is 546 g/mol. The number of nitrogens with two attached hydrogens (primary N) is 1. The Labute approximate surface area is 243 Å². The fourth-order valence-electron chi connectivity index (χ4n) is 5.39. The van der Waals surface area contributed by atoms with Gasteiger partial charge < -0.3 is 5.73 Å². The Kier molecular flexibility index (Phi) is 6.59. The predicted molar refractivity (Wildman–Crippen MR) is 176 cm³/mol. The number of rotatable bonds is 5. The predicted octanol–water partition coefficient (Wildman–Crippen LogP) is 9.23. The van der Waals surface area contributed by atoms with Crippen LogP contribution in [0.1, 0.15) is 16.7 Å². The molecule has 1 aromatic heterocycles. The van der Waals surface area contributed by atoms with E-state index in [4.69, 9.17) is 15.7 Å². The van der Waals surface area contributed by atoms with Gasteiger partial charge in [0.05, 0.1) is 6.54 Å². The van der Waals surface area contributed by atoms with Gasteiger partial charge in [-0.15, -0.1) is 11.3 Å². The van der Waals surface area contributed by atoms with E-state index in [-0.39, 0.29) is 0 Å². The summed E-state index contributed by atoms with van der Waals surface area (Å²) in [6, 6.07) is 48.3. The lowest BCUT2D eigenvalue weighted by molar-refractivity contribution is 1.06. The zero-order chi connectivity index (χ0) is 27.6. The summed E-state index contributed by atoms with van der Waals surface area (Å²) < 4.78 is 2.58. The van der Waals surface area contributed by atoms with Crippen LogP contribution in [0.25, 0.3) is 42.1 Å². The van der Waals surface area contributed by atoms with Gasteiger partial charge in [-0.25, -0.2) is 4.99 Å². The molecule has 2 N–H and O–H groups in total. The van der Waals surface area contributed by atoms with Crippen molar-refractivity contribution in [1.82, 2.24) is 0 Å². The Morgan fingerprint density at radius 2 is 1.29 bits per heavy atom. The van der Waals surface area contributed by atoms with E-state index in [2.05, 4.69) is 91.0 Å². The molecule has 6 aromatic carbocycles. The monoisotopic (exact) mass is 545 g/mol. The van der Waals surface area contributed by atoms with Gasteiger partial charge in [0.25, 0.3) is 0 Å². The van der Waals surface area contributed by atoms with Crippen LogP contribution in [0.3, 0.4) is 0 Å². The molecule has 4 heteroatoms. The van der Waals surface area contributed by atoms with Gasteiger partial charge in [0.1, 0.15) is 5.84 Å². The molecule has 0 fully saturated rings. The number of amidine groups is 2. The van der Waals surface area contributed by atoms with Crippen LogP contribution in [0.15, 0.2) is 150 Å². The van der Waals surface area contributed by atoms with Gasteiger partial charge in [-0.1, -0.05) is 121 Å². The molecule has 0 radical (unpaired) electrons.